The molecule has 0 radical (unpaired) electrons. The summed E-state index contributed by atoms with van der Waals surface area (Å²) in [7, 11) is -2.72. The second-order valence-corrected chi connectivity index (χ2v) is 7.72. The monoisotopic (exact) mass is 392 g/mol. The summed E-state index contributed by atoms with van der Waals surface area (Å²) in [6.45, 7) is 0. The third kappa shape index (κ3) is 4.50. The minimum atomic E-state index is -4.53. The fraction of sp³-hybridized carbons (Fsp3) is 0.143. The van der Waals surface area contributed by atoms with Crippen LogP contribution in [0.5, 0.6) is 0 Å². The van der Waals surface area contributed by atoms with Crippen LogP contribution in [0.15, 0.2) is 57.2 Å². The van der Waals surface area contributed by atoms with Gasteiger partial charge < -0.3 is 0 Å². The van der Waals surface area contributed by atoms with E-state index in [1.807, 2.05) is 4.72 Å². The van der Waals surface area contributed by atoms with Gasteiger partial charge in [-0.2, -0.15) is 13.2 Å². The van der Waals surface area contributed by atoms with E-state index < -0.39 is 32.4 Å². The standard InChI is InChI=1S/C14H11F3N2O4S2/c1-18-25(22,23)11-5-6-13(12(8-11)19(20)21)24-10-4-2-3-9(7-10)14(15,16)17/h2-8,18H,1H3. The van der Waals surface area contributed by atoms with E-state index in [1.54, 1.807) is 0 Å². The van der Waals surface area contributed by atoms with Crippen molar-refractivity contribution in [1.29, 1.82) is 0 Å². The van der Waals surface area contributed by atoms with E-state index >= 15 is 0 Å². The molecule has 1 N–H and O–H groups in total. The molecule has 0 amide bonds. The van der Waals surface area contributed by atoms with Gasteiger partial charge in [0.05, 0.1) is 20.3 Å². The first-order valence-electron chi connectivity index (χ1n) is 6.61. The summed E-state index contributed by atoms with van der Waals surface area (Å²) >= 11 is 0.743. The molecule has 2 aromatic carbocycles. The molecule has 0 saturated carbocycles. The Bertz CT molecular complexity index is 915. The molecule has 0 spiro atoms. The number of hydrogen-bond donors (Lipinski definition) is 1. The van der Waals surface area contributed by atoms with Crippen LogP contribution in [0.2, 0.25) is 0 Å². The molecular weight excluding hydrogens is 381 g/mol. The number of halogens is 3. The maximum absolute atomic E-state index is 12.7. The molecule has 0 fully saturated rings. The van der Waals surface area contributed by atoms with Gasteiger partial charge in [-0.15, -0.1) is 0 Å². The molecule has 0 atom stereocenters. The topological polar surface area (TPSA) is 89.3 Å². The SMILES string of the molecule is CNS(=O)(=O)c1ccc(Sc2cccc(C(F)(F)F)c2)c([N+](=O)[O-])c1. The minimum absolute atomic E-state index is 0.0272. The summed E-state index contributed by atoms with van der Waals surface area (Å²) in [6.07, 6.45) is -4.53. The molecule has 0 aliphatic rings. The smallest absolute Gasteiger partial charge is 0.258 e. The second-order valence-electron chi connectivity index (χ2n) is 4.72. The maximum Gasteiger partial charge on any atom is 0.416 e. The highest BCUT2D eigenvalue weighted by Gasteiger charge is 2.30. The average Bonchev–Trinajstić information content (AvgIpc) is 2.54. The number of benzene rings is 2. The van der Waals surface area contributed by atoms with Crippen LogP contribution in [-0.2, 0) is 16.2 Å². The van der Waals surface area contributed by atoms with Crippen molar-refractivity contribution in [2.75, 3.05) is 7.05 Å². The number of nitro benzene ring substituents is 1. The molecule has 0 aliphatic heterocycles. The Balaban J connectivity index is 2.45. The van der Waals surface area contributed by atoms with E-state index in [0.717, 1.165) is 43.1 Å². The highest BCUT2D eigenvalue weighted by Crippen LogP contribution is 2.38. The van der Waals surface area contributed by atoms with Crippen LogP contribution >= 0.6 is 11.8 Å². The van der Waals surface area contributed by atoms with Gasteiger partial charge in [-0.05, 0) is 37.4 Å². The van der Waals surface area contributed by atoms with Crippen molar-refractivity contribution in [1.82, 2.24) is 4.72 Å². The molecule has 11 heteroatoms. The van der Waals surface area contributed by atoms with E-state index in [2.05, 4.69) is 0 Å². The zero-order valence-corrected chi connectivity index (χ0v) is 14.2. The van der Waals surface area contributed by atoms with Gasteiger partial charge >= 0.3 is 6.18 Å². The molecule has 2 aromatic rings. The largest absolute Gasteiger partial charge is 0.416 e. The summed E-state index contributed by atoms with van der Waals surface area (Å²) in [4.78, 5) is 10.3. The van der Waals surface area contributed by atoms with E-state index in [-0.39, 0.29) is 14.7 Å². The lowest BCUT2D eigenvalue weighted by Crippen LogP contribution is -2.18. The Labute approximate surface area is 145 Å². The zero-order chi connectivity index (χ0) is 18.8. The predicted octanol–water partition coefficient (Wildman–Crippen LogP) is 3.67. The first-order chi connectivity index (χ1) is 11.5. The van der Waals surface area contributed by atoms with Gasteiger partial charge in [0, 0.05) is 11.0 Å². The Morgan fingerprint density at radius 2 is 1.84 bits per heavy atom. The third-order valence-electron chi connectivity index (χ3n) is 3.10. The maximum atomic E-state index is 12.7. The van der Waals surface area contributed by atoms with E-state index in [4.69, 9.17) is 0 Å². The summed E-state index contributed by atoms with van der Waals surface area (Å²) < 4.78 is 63.7. The Morgan fingerprint density at radius 1 is 1.16 bits per heavy atom. The number of hydrogen-bond acceptors (Lipinski definition) is 5. The summed E-state index contributed by atoms with van der Waals surface area (Å²) in [6, 6.07) is 7.52. The number of sulfonamides is 1. The minimum Gasteiger partial charge on any atom is -0.258 e. The molecule has 0 saturated heterocycles. The van der Waals surface area contributed by atoms with Crippen molar-refractivity contribution in [2.24, 2.45) is 0 Å². The molecule has 0 aromatic heterocycles. The number of nitrogens with zero attached hydrogens (tertiary/aromatic N) is 1. The molecule has 0 heterocycles. The van der Waals surface area contributed by atoms with Crippen LogP contribution in [0.4, 0.5) is 18.9 Å². The number of alkyl halides is 3. The van der Waals surface area contributed by atoms with Crippen molar-refractivity contribution in [2.45, 2.75) is 20.9 Å². The predicted molar refractivity (Wildman–Crippen MR) is 84.9 cm³/mol. The van der Waals surface area contributed by atoms with Crippen molar-refractivity contribution in [3.8, 4) is 0 Å². The normalized spacial score (nSPS) is 12.2. The van der Waals surface area contributed by atoms with E-state index in [0.29, 0.717) is 0 Å². The van der Waals surface area contributed by atoms with Crippen molar-refractivity contribution in [3.05, 3.63) is 58.1 Å². The first kappa shape index (κ1) is 19.2. The van der Waals surface area contributed by atoms with Crippen molar-refractivity contribution < 1.29 is 26.5 Å². The van der Waals surface area contributed by atoms with Gasteiger partial charge in [-0.3, -0.25) is 10.1 Å². The lowest BCUT2D eigenvalue weighted by atomic mass is 10.2. The number of nitrogens with one attached hydrogen (secondary N) is 1. The summed E-state index contributed by atoms with van der Waals surface area (Å²) in [5.74, 6) is 0. The molecule has 0 aliphatic carbocycles. The van der Waals surface area contributed by atoms with Gasteiger partial charge in [0.25, 0.3) is 5.69 Å². The molecular formula is C14H11F3N2O4S2. The van der Waals surface area contributed by atoms with Crippen LogP contribution in [0.25, 0.3) is 0 Å². The van der Waals surface area contributed by atoms with Gasteiger partial charge in [0.1, 0.15) is 0 Å². The van der Waals surface area contributed by atoms with Crippen LogP contribution in [-0.4, -0.2) is 20.4 Å². The molecule has 134 valence electrons. The molecule has 6 nitrogen and oxygen atoms in total. The molecule has 0 bridgehead atoms. The highest BCUT2D eigenvalue weighted by molar-refractivity contribution is 7.99. The summed E-state index contributed by atoms with van der Waals surface area (Å²) in [5, 5.41) is 11.2. The number of nitro groups is 1. The third-order valence-corrected chi connectivity index (χ3v) is 5.56. The fourth-order valence-electron chi connectivity index (χ4n) is 1.87. The molecule has 25 heavy (non-hydrogen) atoms. The number of rotatable bonds is 5. The average molecular weight is 392 g/mol. The second kappa shape index (κ2) is 7.02. The van der Waals surface area contributed by atoms with Gasteiger partial charge in [0.15, 0.2) is 0 Å². The molecule has 2 rings (SSSR count). The van der Waals surface area contributed by atoms with Crippen molar-refractivity contribution >= 4 is 27.5 Å². The highest BCUT2D eigenvalue weighted by atomic mass is 32.2. The van der Waals surface area contributed by atoms with Gasteiger partial charge in [-0.1, -0.05) is 17.8 Å². The quantitative estimate of drug-likeness (QED) is 0.619. The lowest BCUT2D eigenvalue weighted by Gasteiger charge is -2.09. The van der Waals surface area contributed by atoms with E-state index in [1.165, 1.54) is 18.2 Å². The van der Waals surface area contributed by atoms with Crippen molar-refractivity contribution in [3.63, 3.8) is 0 Å². The Kier molecular flexibility index (Phi) is 5.40. The van der Waals surface area contributed by atoms with Crippen LogP contribution in [0.3, 0.4) is 0 Å². The van der Waals surface area contributed by atoms with Gasteiger partial charge in [0.2, 0.25) is 10.0 Å². The van der Waals surface area contributed by atoms with Gasteiger partial charge in [-0.25, -0.2) is 13.1 Å². The van der Waals surface area contributed by atoms with Crippen LogP contribution in [0.1, 0.15) is 5.56 Å². The Hall–Kier alpha value is -2.11. The molecule has 0 unspecified atom stereocenters. The van der Waals surface area contributed by atoms with Crippen LogP contribution in [0, 0.1) is 10.1 Å². The lowest BCUT2D eigenvalue weighted by molar-refractivity contribution is -0.388. The van der Waals surface area contributed by atoms with E-state index in [9.17, 15) is 31.7 Å². The Morgan fingerprint density at radius 3 is 2.40 bits per heavy atom. The summed E-state index contributed by atoms with van der Waals surface area (Å²) in [5.41, 5.74) is -1.40. The first-order valence-corrected chi connectivity index (χ1v) is 8.91. The fourth-order valence-corrected chi connectivity index (χ4v) is 3.58. The van der Waals surface area contributed by atoms with Crippen LogP contribution < -0.4 is 4.72 Å². The zero-order valence-electron chi connectivity index (χ0n) is 12.6.